The Morgan fingerprint density at radius 1 is 1.20 bits per heavy atom. The summed E-state index contributed by atoms with van der Waals surface area (Å²) in [5, 5.41) is 13.0. The number of nitrogens with two attached hydrogens (primary N) is 1. The number of nitrogens with one attached hydrogen (secondary N) is 1. The van der Waals surface area contributed by atoms with Gasteiger partial charge in [0.2, 0.25) is 0 Å². The van der Waals surface area contributed by atoms with Gasteiger partial charge < -0.3 is 9.74 Å². The molecule has 188 valence electrons. The number of halogens is 2. The average molecular weight is 519 g/mol. The van der Waals surface area contributed by atoms with Crippen molar-refractivity contribution in [2.45, 2.75) is 64.9 Å². The van der Waals surface area contributed by atoms with Crippen molar-refractivity contribution in [3.8, 4) is 6.07 Å². The van der Waals surface area contributed by atoms with Gasteiger partial charge in [-0.1, -0.05) is 32.4 Å². The first-order valence-corrected chi connectivity index (χ1v) is 14.4. The molecule has 3 N–H and O–H groups in total. The van der Waals surface area contributed by atoms with Gasteiger partial charge in [-0.15, -0.1) is 0 Å². The molecule has 0 radical (unpaired) electrons. The molecule has 0 bridgehead atoms. The third kappa shape index (κ3) is 6.47. The van der Waals surface area contributed by atoms with Gasteiger partial charge in [-0.2, -0.15) is 5.26 Å². The van der Waals surface area contributed by atoms with Gasteiger partial charge in [-0.25, -0.2) is 15.2 Å². The summed E-state index contributed by atoms with van der Waals surface area (Å²) in [7, 11) is -2.31. The van der Waals surface area contributed by atoms with Crippen molar-refractivity contribution in [2.75, 3.05) is 5.32 Å². The van der Waals surface area contributed by atoms with Gasteiger partial charge in [-0.3, -0.25) is 9.59 Å². The van der Waals surface area contributed by atoms with Crippen LogP contribution in [0.5, 0.6) is 0 Å². The molecule has 0 aliphatic heterocycles. The summed E-state index contributed by atoms with van der Waals surface area (Å²) in [6.07, 6.45) is -0.677. The summed E-state index contributed by atoms with van der Waals surface area (Å²) in [6, 6.07) is 8.90. The summed E-state index contributed by atoms with van der Waals surface area (Å²) in [5.41, 5.74) is 1.43. The Labute approximate surface area is 212 Å². The second-order valence-corrected chi connectivity index (χ2v) is 15.1. The molecule has 10 heteroatoms. The maximum Gasteiger partial charge on any atom is 0.274 e. The van der Waals surface area contributed by atoms with Crippen LogP contribution in [0, 0.1) is 24.1 Å². The lowest BCUT2D eigenvalue weighted by Gasteiger charge is -2.40. The third-order valence-corrected chi connectivity index (χ3v) is 11.4. The number of hydrogen-bond acceptors (Lipinski definition) is 6. The monoisotopic (exact) mass is 518 g/mol. The molecular formula is C25H32ClFN4O3Si. The predicted molar refractivity (Wildman–Crippen MR) is 138 cm³/mol. The van der Waals surface area contributed by atoms with E-state index in [1.54, 1.807) is 26.0 Å². The molecule has 35 heavy (non-hydrogen) atoms. The van der Waals surface area contributed by atoms with E-state index in [1.807, 2.05) is 6.07 Å². The number of carbonyl (C=O) groups excluding carboxylic acids is 2. The van der Waals surface area contributed by atoms with Gasteiger partial charge in [0.05, 0.1) is 16.7 Å². The summed E-state index contributed by atoms with van der Waals surface area (Å²) in [5.74, 6) is 3.95. The Morgan fingerprint density at radius 2 is 1.77 bits per heavy atom. The fourth-order valence-electron chi connectivity index (χ4n) is 3.17. The van der Waals surface area contributed by atoms with Gasteiger partial charge in [-0.05, 0) is 73.9 Å². The first-order chi connectivity index (χ1) is 16.1. The molecule has 2 amide bonds. The summed E-state index contributed by atoms with van der Waals surface area (Å²) >= 11 is 6.32. The lowest BCUT2D eigenvalue weighted by molar-refractivity contribution is -0.131. The Hall–Kier alpha value is -2.77. The van der Waals surface area contributed by atoms with Gasteiger partial charge in [0.25, 0.3) is 11.8 Å². The van der Waals surface area contributed by atoms with Crippen LogP contribution in [0.15, 0.2) is 36.4 Å². The van der Waals surface area contributed by atoms with E-state index in [1.165, 1.54) is 12.1 Å². The Bertz CT molecular complexity index is 1140. The van der Waals surface area contributed by atoms with Crippen molar-refractivity contribution < 1.29 is 18.4 Å². The second-order valence-electron chi connectivity index (χ2n) is 9.94. The minimum atomic E-state index is -2.31. The third-order valence-electron chi connectivity index (χ3n) is 6.39. The van der Waals surface area contributed by atoms with E-state index in [4.69, 9.17) is 21.9 Å². The second kappa shape index (κ2) is 10.9. The zero-order valence-corrected chi connectivity index (χ0v) is 22.8. The highest BCUT2D eigenvalue weighted by molar-refractivity contribution is 6.74. The van der Waals surface area contributed by atoms with Crippen LogP contribution in [0.25, 0.3) is 0 Å². The fourth-order valence-corrected chi connectivity index (χ4v) is 4.79. The van der Waals surface area contributed by atoms with E-state index in [0.717, 1.165) is 12.1 Å². The quantitative estimate of drug-likeness (QED) is 0.220. The van der Waals surface area contributed by atoms with Crippen molar-refractivity contribution in [1.29, 1.82) is 5.26 Å². The lowest BCUT2D eigenvalue weighted by atomic mass is 10.1. The minimum absolute atomic E-state index is 0.0663. The van der Waals surface area contributed by atoms with Crippen molar-refractivity contribution >= 4 is 37.4 Å². The Morgan fingerprint density at radius 3 is 2.29 bits per heavy atom. The smallest absolute Gasteiger partial charge is 0.274 e. The van der Waals surface area contributed by atoms with Crippen molar-refractivity contribution in [2.24, 2.45) is 5.84 Å². The zero-order valence-electron chi connectivity index (χ0n) is 21.1. The molecule has 0 heterocycles. The van der Waals surface area contributed by atoms with Crippen LogP contribution >= 0.6 is 11.6 Å². The fraction of sp³-hybridized carbons (Fsp3) is 0.400. The number of hydrogen-bond donors (Lipinski definition) is 2. The van der Waals surface area contributed by atoms with E-state index in [0.29, 0.717) is 21.8 Å². The topological polar surface area (TPSA) is 108 Å². The Kier molecular flexibility index (Phi) is 8.84. The van der Waals surface area contributed by atoms with Crippen molar-refractivity contribution in [3.63, 3.8) is 0 Å². The highest BCUT2D eigenvalue weighted by Crippen LogP contribution is 2.38. The predicted octanol–water partition coefficient (Wildman–Crippen LogP) is 5.39. The number of hydrazine groups is 1. The lowest BCUT2D eigenvalue weighted by Crippen LogP contribution is -2.56. The molecule has 2 unspecified atom stereocenters. The molecule has 2 aromatic rings. The number of imide groups is 1. The molecule has 2 atom stereocenters. The zero-order chi connectivity index (χ0) is 26.7. The molecule has 0 saturated carbocycles. The first-order valence-electron chi connectivity index (χ1n) is 11.1. The number of nitrogens with zero attached hydrogens (tertiary/aromatic N) is 2. The van der Waals surface area contributed by atoms with E-state index in [9.17, 15) is 19.2 Å². The number of amides is 2. The van der Waals surface area contributed by atoms with Crippen LogP contribution in [0.4, 0.5) is 10.1 Å². The highest BCUT2D eigenvalue weighted by atomic mass is 35.5. The van der Waals surface area contributed by atoms with E-state index in [-0.39, 0.29) is 15.6 Å². The van der Waals surface area contributed by atoms with Crippen LogP contribution in [0.3, 0.4) is 0 Å². The molecule has 0 aliphatic rings. The van der Waals surface area contributed by atoms with Crippen LogP contribution in [-0.2, 0) is 9.22 Å². The minimum Gasteiger partial charge on any atom is -0.412 e. The SMILES string of the molecule is Cc1c(NC(C(=O)N(N)C(=O)c2ccc(F)cc2)C(C)O[Si](C)(C)C(C)(C)C)ccc(C#N)c1Cl. The highest BCUT2D eigenvalue weighted by Gasteiger charge is 2.42. The average Bonchev–Trinajstić information content (AvgIpc) is 2.78. The molecule has 7 nitrogen and oxygen atoms in total. The molecule has 0 aromatic heterocycles. The van der Waals surface area contributed by atoms with Crippen molar-refractivity contribution in [1.82, 2.24) is 5.01 Å². The van der Waals surface area contributed by atoms with Gasteiger partial charge in [0.15, 0.2) is 8.32 Å². The van der Waals surface area contributed by atoms with Crippen LogP contribution in [-0.4, -0.2) is 37.3 Å². The van der Waals surface area contributed by atoms with Crippen molar-refractivity contribution in [3.05, 3.63) is 63.9 Å². The van der Waals surface area contributed by atoms with Crippen LogP contribution in [0.2, 0.25) is 23.2 Å². The molecule has 2 aromatic carbocycles. The number of benzene rings is 2. The van der Waals surface area contributed by atoms with E-state index >= 15 is 0 Å². The molecule has 0 aliphatic carbocycles. The van der Waals surface area contributed by atoms with E-state index < -0.39 is 38.1 Å². The summed E-state index contributed by atoms with van der Waals surface area (Å²) in [4.78, 5) is 26.4. The van der Waals surface area contributed by atoms with Gasteiger partial charge in [0, 0.05) is 11.3 Å². The first kappa shape index (κ1) is 28.5. The van der Waals surface area contributed by atoms with Gasteiger partial charge in [0.1, 0.15) is 17.9 Å². The van der Waals surface area contributed by atoms with Crippen LogP contribution < -0.4 is 11.2 Å². The van der Waals surface area contributed by atoms with E-state index in [2.05, 4.69) is 39.2 Å². The molecule has 0 spiro atoms. The van der Waals surface area contributed by atoms with Gasteiger partial charge >= 0.3 is 0 Å². The molecule has 0 saturated heterocycles. The largest absolute Gasteiger partial charge is 0.412 e. The number of anilines is 1. The Balaban J connectivity index is 2.45. The number of nitriles is 1. The normalized spacial score (nSPS) is 13.5. The molecule has 0 fully saturated rings. The maximum absolute atomic E-state index is 13.5. The number of rotatable bonds is 7. The van der Waals surface area contributed by atoms with Crippen LogP contribution in [0.1, 0.15) is 49.2 Å². The standard InChI is InChI=1S/C25H32ClFN4O3Si/c1-15-20(13-10-18(14-28)21(15)26)30-22(16(2)34-35(6,7)25(3,4)5)24(33)31(29)23(32)17-8-11-19(27)12-9-17/h8-13,16,22,30H,29H2,1-7H3. The maximum atomic E-state index is 13.5. The summed E-state index contributed by atoms with van der Waals surface area (Å²) in [6.45, 7) is 13.8. The molecular weight excluding hydrogens is 487 g/mol. The summed E-state index contributed by atoms with van der Waals surface area (Å²) < 4.78 is 19.7. The molecule has 2 rings (SSSR count). The number of carbonyl (C=O) groups is 2.